The third-order valence-electron chi connectivity index (χ3n) is 3.21. The number of carbonyl (C=O) groups is 1. The lowest BCUT2D eigenvalue weighted by atomic mass is 10.2. The summed E-state index contributed by atoms with van der Waals surface area (Å²) in [6.07, 6.45) is 0.314. The number of benzene rings is 1. The maximum absolute atomic E-state index is 11.8. The summed E-state index contributed by atoms with van der Waals surface area (Å²) < 4.78 is 5.70. The Morgan fingerprint density at radius 3 is 2.74 bits per heavy atom. The van der Waals surface area contributed by atoms with Crippen LogP contribution in [0.25, 0.3) is 0 Å². The van der Waals surface area contributed by atoms with Gasteiger partial charge in [0.15, 0.2) is 0 Å². The SMILES string of the molecule is Cc1ccc(OCc2nc(CC(=O)NCCN(C)C)cs2)cc1. The zero-order chi connectivity index (χ0) is 16.7. The number of likely N-dealkylation sites (N-methyl/N-ethyl adjacent to an activating group) is 1. The van der Waals surface area contributed by atoms with Gasteiger partial charge < -0.3 is 15.0 Å². The summed E-state index contributed by atoms with van der Waals surface area (Å²) in [5, 5.41) is 5.68. The van der Waals surface area contributed by atoms with E-state index in [-0.39, 0.29) is 5.91 Å². The first kappa shape index (κ1) is 17.4. The Morgan fingerprint density at radius 1 is 1.30 bits per heavy atom. The van der Waals surface area contributed by atoms with Crippen molar-refractivity contribution < 1.29 is 9.53 Å². The number of aryl methyl sites for hydroxylation is 1. The number of aromatic nitrogens is 1. The molecule has 0 saturated heterocycles. The van der Waals surface area contributed by atoms with E-state index in [2.05, 4.69) is 10.3 Å². The first-order chi connectivity index (χ1) is 11.0. The zero-order valence-electron chi connectivity index (χ0n) is 13.8. The maximum Gasteiger partial charge on any atom is 0.226 e. The second-order valence-electron chi connectivity index (χ2n) is 5.66. The average Bonchev–Trinajstić information content (AvgIpc) is 2.93. The fourth-order valence-electron chi connectivity index (χ4n) is 1.92. The molecule has 1 heterocycles. The minimum Gasteiger partial charge on any atom is -0.486 e. The highest BCUT2D eigenvalue weighted by Gasteiger charge is 2.08. The standard InChI is InChI=1S/C17H23N3O2S/c1-13-4-6-15(7-5-13)22-11-17-19-14(12-23-17)10-16(21)18-8-9-20(2)3/h4-7,12H,8-11H2,1-3H3,(H,18,21). The van der Waals surface area contributed by atoms with Crippen LogP contribution in [-0.2, 0) is 17.8 Å². The molecule has 1 amide bonds. The average molecular weight is 333 g/mol. The third kappa shape index (κ3) is 6.38. The fraction of sp³-hybridized carbons (Fsp3) is 0.412. The number of hydrogen-bond acceptors (Lipinski definition) is 5. The van der Waals surface area contributed by atoms with E-state index in [1.165, 1.54) is 16.9 Å². The van der Waals surface area contributed by atoms with Crippen LogP contribution in [0.1, 0.15) is 16.3 Å². The Morgan fingerprint density at radius 2 is 2.04 bits per heavy atom. The molecule has 0 atom stereocenters. The van der Waals surface area contributed by atoms with Crippen LogP contribution in [0.15, 0.2) is 29.6 Å². The van der Waals surface area contributed by atoms with Crippen LogP contribution < -0.4 is 10.1 Å². The summed E-state index contributed by atoms with van der Waals surface area (Å²) in [5.74, 6) is 0.830. The van der Waals surface area contributed by atoms with Gasteiger partial charge in [-0.05, 0) is 33.2 Å². The van der Waals surface area contributed by atoms with E-state index >= 15 is 0 Å². The monoisotopic (exact) mass is 333 g/mol. The minimum absolute atomic E-state index is 0.00292. The largest absolute Gasteiger partial charge is 0.486 e. The molecule has 0 aliphatic heterocycles. The number of nitrogens with zero attached hydrogens (tertiary/aromatic N) is 2. The molecule has 5 nitrogen and oxygen atoms in total. The molecule has 1 N–H and O–H groups in total. The summed E-state index contributed by atoms with van der Waals surface area (Å²) >= 11 is 1.52. The van der Waals surface area contributed by atoms with Crippen molar-refractivity contribution in [1.29, 1.82) is 0 Å². The Bertz CT molecular complexity index is 623. The summed E-state index contributed by atoms with van der Waals surface area (Å²) in [6.45, 7) is 3.95. The molecule has 0 spiro atoms. The number of nitrogens with one attached hydrogen (secondary N) is 1. The Labute approximate surface area is 141 Å². The summed E-state index contributed by atoms with van der Waals surface area (Å²) in [6, 6.07) is 7.92. The van der Waals surface area contributed by atoms with Crippen LogP contribution in [0.5, 0.6) is 5.75 Å². The Kier molecular flexibility index (Phi) is 6.55. The molecule has 124 valence electrons. The Hall–Kier alpha value is -1.92. The molecule has 2 rings (SSSR count). The molecule has 6 heteroatoms. The maximum atomic E-state index is 11.8. The molecule has 23 heavy (non-hydrogen) atoms. The van der Waals surface area contributed by atoms with Gasteiger partial charge in [0, 0.05) is 18.5 Å². The van der Waals surface area contributed by atoms with Crippen molar-refractivity contribution in [3.63, 3.8) is 0 Å². The zero-order valence-corrected chi connectivity index (χ0v) is 14.7. The molecule has 0 unspecified atom stereocenters. The predicted octanol–water partition coefficient (Wildman–Crippen LogP) is 2.25. The highest BCUT2D eigenvalue weighted by molar-refractivity contribution is 7.09. The van der Waals surface area contributed by atoms with Crippen LogP contribution in [0.3, 0.4) is 0 Å². The molecule has 2 aromatic rings. The summed E-state index contributed by atoms with van der Waals surface area (Å²) in [5.41, 5.74) is 1.99. The highest BCUT2D eigenvalue weighted by atomic mass is 32.1. The van der Waals surface area contributed by atoms with Gasteiger partial charge in [0.05, 0.1) is 12.1 Å². The molecule has 1 aromatic heterocycles. The fourth-order valence-corrected chi connectivity index (χ4v) is 2.63. The van der Waals surface area contributed by atoms with Crippen LogP contribution in [-0.4, -0.2) is 43.0 Å². The smallest absolute Gasteiger partial charge is 0.226 e. The number of rotatable bonds is 8. The first-order valence-electron chi connectivity index (χ1n) is 7.57. The molecular formula is C17H23N3O2S. The van der Waals surface area contributed by atoms with Gasteiger partial charge in [0.25, 0.3) is 0 Å². The van der Waals surface area contributed by atoms with E-state index in [1.807, 2.05) is 55.6 Å². The van der Waals surface area contributed by atoms with Crippen molar-refractivity contribution in [2.45, 2.75) is 20.0 Å². The first-order valence-corrected chi connectivity index (χ1v) is 8.45. The minimum atomic E-state index is 0.00292. The van der Waals surface area contributed by atoms with Gasteiger partial charge in [-0.2, -0.15) is 0 Å². The third-order valence-corrected chi connectivity index (χ3v) is 4.08. The van der Waals surface area contributed by atoms with E-state index < -0.39 is 0 Å². The lowest BCUT2D eigenvalue weighted by Crippen LogP contribution is -2.32. The van der Waals surface area contributed by atoms with Crippen LogP contribution in [0, 0.1) is 6.92 Å². The molecule has 1 aromatic carbocycles. The van der Waals surface area contributed by atoms with Crippen molar-refractivity contribution in [3.05, 3.63) is 45.9 Å². The van der Waals surface area contributed by atoms with Gasteiger partial charge in [-0.25, -0.2) is 4.98 Å². The summed E-state index contributed by atoms with van der Waals surface area (Å²) in [4.78, 5) is 18.3. The van der Waals surface area contributed by atoms with E-state index in [9.17, 15) is 4.79 Å². The van der Waals surface area contributed by atoms with E-state index in [1.54, 1.807) is 0 Å². The van der Waals surface area contributed by atoms with E-state index in [0.29, 0.717) is 19.6 Å². The normalized spacial score (nSPS) is 10.8. The molecule has 0 aliphatic carbocycles. The molecule has 0 saturated carbocycles. The van der Waals surface area contributed by atoms with Crippen molar-refractivity contribution in [1.82, 2.24) is 15.2 Å². The van der Waals surface area contributed by atoms with Gasteiger partial charge in [-0.3, -0.25) is 4.79 Å². The molecular weight excluding hydrogens is 310 g/mol. The quantitative estimate of drug-likeness (QED) is 0.805. The van der Waals surface area contributed by atoms with Crippen LogP contribution >= 0.6 is 11.3 Å². The van der Waals surface area contributed by atoms with E-state index in [0.717, 1.165) is 23.0 Å². The van der Waals surface area contributed by atoms with Gasteiger partial charge in [-0.1, -0.05) is 17.7 Å². The second kappa shape index (κ2) is 8.64. The van der Waals surface area contributed by atoms with Crippen molar-refractivity contribution in [3.8, 4) is 5.75 Å². The summed E-state index contributed by atoms with van der Waals surface area (Å²) in [7, 11) is 3.96. The lowest BCUT2D eigenvalue weighted by molar-refractivity contribution is -0.120. The molecule has 0 bridgehead atoms. The molecule has 0 radical (unpaired) electrons. The highest BCUT2D eigenvalue weighted by Crippen LogP contribution is 2.16. The van der Waals surface area contributed by atoms with Crippen molar-refractivity contribution in [2.24, 2.45) is 0 Å². The number of hydrogen-bond donors (Lipinski definition) is 1. The Balaban J connectivity index is 1.76. The van der Waals surface area contributed by atoms with Crippen LogP contribution in [0.2, 0.25) is 0 Å². The predicted molar refractivity (Wildman–Crippen MR) is 92.9 cm³/mol. The molecule has 0 aliphatic rings. The van der Waals surface area contributed by atoms with E-state index in [4.69, 9.17) is 4.74 Å². The van der Waals surface area contributed by atoms with Gasteiger partial charge in [-0.15, -0.1) is 11.3 Å². The lowest BCUT2D eigenvalue weighted by Gasteiger charge is -2.09. The second-order valence-corrected chi connectivity index (χ2v) is 6.61. The number of carbonyl (C=O) groups excluding carboxylic acids is 1. The topological polar surface area (TPSA) is 54.5 Å². The number of ether oxygens (including phenoxy) is 1. The van der Waals surface area contributed by atoms with Crippen molar-refractivity contribution in [2.75, 3.05) is 27.2 Å². The van der Waals surface area contributed by atoms with Gasteiger partial charge >= 0.3 is 0 Å². The van der Waals surface area contributed by atoms with Crippen molar-refractivity contribution >= 4 is 17.2 Å². The van der Waals surface area contributed by atoms with Gasteiger partial charge in [0.2, 0.25) is 5.91 Å². The number of thiazole rings is 1. The molecule has 0 fully saturated rings. The number of amides is 1. The van der Waals surface area contributed by atoms with Crippen LogP contribution in [0.4, 0.5) is 0 Å². The van der Waals surface area contributed by atoms with Gasteiger partial charge in [0.1, 0.15) is 17.4 Å².